The summed E-state index contributed by atoms with van der Waals surface area (Å²) in [5, 5.41) is 10.3. The molecule has 4 N–H and O–H groups in total. The van der Waals surface area contributed by atoms with Gasteiger partial charge in [-0.15, -0.1) is 0 Å². The van der Waals surface area contributed by atoms with Gasteiger partial charge in [0.15, 0.2) is 0 Å². The van der Waals surface area contributed by atoms with Crippen molar-refractivity contribution in [3.63, 3.8) is 0 Å². The molecular formula is C15H24N2O4. The van der Waals surface area contributed by atoms with Gasteiger partial charge in [0.05, 0.1) is 6.54 Å². The minimum absolute atomic E-state index is 0.0580. The van der Waals surface area contributed by atoms with Crippen LogP contribution in [0.4, 0.5) is 0 Å². The number of ketones is 1. The quantitative estimate of drug-likeness (QED) is 0.504. The van der Waals surface area contributed by atoms with Crippen molar-refractivity contribution in [1.82, 2.24) is 5.32 Å². The standard InChI is InChI=1S/C12H17NO2.C3H7NO2/c1-4-6-10(2)7-5-8-12(15)13-9-11(3)14;1-2(4)3(5)6/h4-8H,9H2,1-3H3,(H,13,15);2H,4H2,1H3,(H,5,6)/b6-4-,8-5+,10-7-;. The van der Waals surface area contributed by atoms with E-state index in [9.17, 15) is 14.4 Å². The fourth-order valence-electron chi connectivity index (χ4n) is 0.876. The summed E-state index contributed by atoms with van der Waals surface area (Å²) in [5.41, 5.74) is 5.90. The van der Waals surface area contributed by atoms with E-state index in [2.05, 4.69) is 5.32 Å². The van der Waals surface area contributed by atoms with E-state index < -0.39 is 12.0 Å². The number of carboxylic acid groups (broad SMARTS) is 1. The summed E-state index contributed by atoms with van der Waals surface area (Å²) in [5.74, 6) is -1.28. The summed E-state index contributed by atoms with van der Waals surface area (Å²) in [6.45, 7) is 6.81. The third-order valence-electron chi connectivity index (χ3n) is 1.94. The fraction of sp³-hybridized carbons (Fsp3) is 0.400. The number of carbonyl (C=O) groups excluding carboxylic acids is 2. The first-order valence-electron chi connectivity index (χ1n) is 6.44. The zero-order valence-electron chi connectivity index (χ0n) is 12.9. The lowest BCUT2D eigenvalue weighted by atomic mass is 10.2. The number of rotatable bonds is 6. The van der Waals surface area contributed by atoms with E-state index in [4.69, 9.17) is 10.8 Å². The molecule has 0 bridgehead atoms. The number of carbonyl (C=O) groups is 3. The number of carboxylic acids is 1. The molecule has 118 valence electrons. The molecule has 1 amide bonds. The average molecular weight is 296 g/mol. The molecule has 0 aromatic carbocycles. The average Bonchev–Trinajstić information content (AvgIpc) is 2.37. The number of hydrogen-bond acceptors (Lipinski definition) is 4. The van der Waals surface area contributed by atoms with Crippen molar-refractivity contribution in [3.8, 4) is 0 Å². The predicted octanol–water partition coefficient (Wildman–Crippen LogP) is 1.19. The van der Waals surface area contributed by atoms with Crippen LogP contribution in [0.2, 0.25) is 0 Å². The maximum atomic E-state index is 11.1. The Labute approximate surface area is 125 Å². The monoisotopic (exact) mass is 296 g/mol. The molecule has 6 nitrogen and oxygen atoms in total. The second-order valence-corrected chi connectivity index (χ2v) is 4.32. The maximum Gasteiger partial charge on any atom is 0.320 e. The second-order valence-electron chi connectivity index (χ2n) is 4.32. The summed E-state index contributed by atoms with van der Waals surface area (Å²) >= 11 is 0. The molecule has 0 saturated heterocycles. The summed E-state index contributed by atoms with van der Waals surface area (Å²) < 4.78 is 0. The molecule has 0 aromatic rings. The first-order valence-corrected chi connectivity index (χ1v) is 6.44. The van der Waals surface area contributed by atoms with E-state index in [1.165, 1.54) is 19.9 Å². The Kier molecular flexibility index (Phi) is 12.9. The third kappa shape index (κ3) is 17.8. The minimum Gasteiger partial charge on any atom is -0.480 e. The topological polar surface area (TPSA) is 109 Å². The summed E-state index contributed by atoms with van der Waals surface area (Å²) in [6.07, 6.45) is 8.75. The Bertz CT molecular complexity index is 435. The number of allylic oxidation sites excluding steroid dienone is 5. The zero-order valence-corrected chi connectivity index (χ0v) is 12.9. The Hall–Kier alpha value is -2.21. The van der Waals surface area contributed by atoms with E-state index in [0.717, 1.165) is 5.57 Å². The number of nitrogens with one attached hydrogen (secondary N) is 1. The molecule has 1 atom stereocenters. The second kappa shape index (κ2) is 12.8. The van der Waals surface area contributed by atoms with Crippen molar-refractivity contribution in [2.75, 3.05) is 6.54 Å². The largest absolute Gasteiger partial charge is 0.480 e. The van der Waals surface area contributed by atoms with Crippen molar-refractivity contribution in [2.45, 2.75) is 33.7 Å². The van der Waals surface area contributed by atoms with Gasteiger partial charge >= 0.3 is 5.97 Å². The highest BCUT2D eigenvalue weighted by atomic mass is 16.4. The number of hydrogen-bond donors (Lipinski definition) is 3. The van der Waals surface area contributed by atoms with Crippen LogP contribution in [0.5, 0.6) is 0 Å². The number of aliphatic carboxylic acids is 1. The molecule has 1 unspecified atom stereocenters. The van der Waals surface area contributed by atoms with Gasteiger partial charge in [-0.3, -0.25) is 14.4 Å². The lowest BCUT2D eigenvalue weighted by Gasteiger charge is -1.95. The van der Waals surface area contributed by atoms with Crippen molar-refractivity contribution in [2.24, 2.45) is 5.73 Å². The number of nitrogens with two attached hydrogens (primary N) is 1. The van der Waals surface area contributed by atoms with Gasteiger partial charge in [-0.1, -0.05) is 29.9 Å². The van der Waals surface area contributed by atoms with Gasteiger partial charge in [-0.25, -0.2) is 0 Å². The third-order valence-corrected chi connectivity index (χ3v) is 1.94. The van der Waals surface area contributed by atoms with Crippen molar-refractivity contribution in [3.05, 3.63) is 36.0 Å². The van der Waals surface area contributed by atoms with E-state index in [-0.39, 0.29) is 18.2 Å². The van der Waals surface area contributed by atoms with Crippen LogP contribution >= 0.6 is 0 Å². The van der Waals surface area contributed by atoms with Crippen LogP contribution < -0.4 is 11.1 Å². The maximum absolute atomic E-state index is 11.1. The van der Waals surface area contributed by atoms with E-state index in [1.807, 2.05) is 32.1 Å². The van der Waals surface area contributed by atoms with Gasteiger partial charge in [0, 0.05) is 6.08 Å². The smallest absolute Gasteiger partial charge is 0.320 e. The van der Waals surface area contributed by atoms with Gasteiger partial charge < -0.3 is 16.2 Å². The van der Waals surface area contributed by atoms with Crippen molar-refractivity contribution < 1.29 is 19.5 Å². The predicted molar refractivity (Wildman–Crippen MR) is 82.7 cm³/mol. The van der Waals surface area contributed by atoms with Crippen molar-refractivity contribution >= 4 is 17.7 Å². The molecule has 0 aliphatic carbocycles. The zero-order chi connectivity index (χ0) is 16.8. The lowest BCUT2D eigenvalue weighted by molar-refractivity contribution is -0.138. The molecule has 0 saturated carbocycles. The van der Waals surface area contributed by atoms with Gasteiger partial charge in [-0.2, -0.15) is 0 Å². The number of amides is 1. The lowest BCUT2D eigenvalue weighted by Crippen LogP contribution is -2.26. The summed E-state index contributed by atoms with van der Waals surface area (Å²) in [7, 11) is 0. The Morgan fingerprint density at radius 2 is 1.76 bits per heavy atom. The van der Waals surface area contributed by atoms with Gasteiger partial charge in [0.2, 0.25) is 5.91 Å². The fourth-order valence-corrected chi connectivity index (χ4v) is 0.876. The molecule has 0 aliphatic heterocycles. The van der Waals surface area contributed by atoms with Gasteiger partial charge in [0.25, 0.3) is 0 Å². The van der Waals surface area contributed by atoms with Crippen LogP contribution in [0.25, 0.3) is 0 Å². The Morgan fingerprint density at radius 3 is 2.14 bits per heavy atom. The van der Waals surface area contributed by atoms with E-state index in [1.54, 1.807) is 6.08 Å². The van der Waals surface area contributed by atoms with Gasteiger partial charge in [0.1, 0.15) is 11.8 Å². The molecule has 0 radical (unpaired) electrons. The molecule has 0 aliphatic rings. The van der Waals surface area contributed by atoms with E-state index in [0.29, 0.717) is 0 Å². The van der Waals surface area contributed by atoms with Crippen LogP contribution in [0.1, 0.15) is 27.7 Å². The van der Waals surface area contributed by atoms with Crippen LogP contribution in [-0.4, -0.2) is 35.4 Å². The van der Waals surface area contributed by atoms with Crippen molar-refractivity contribution in [1.29, 1.82) is 0 Å². The normalized spacial score (nSPS) is 12.7. The minimum atomic E-state index is -0.963. The van der Waals surface area contributed by atoms with Crippen LogP contribution in [0.15, 0.2) is 36.0 Å². The molecule has 21 heavy (non-hydrogen) atoms. The SMILES string of the molecule is CC(N)C(=O)O.C\C=C/C(C)=C\C=C\C(=O)NCC(C)=O. The van der Waals surface area contributed by atoms with Gasteiger partial charge in [-0.05, 0) is 27.7 Å². The molecule has 0 rings (SSSR count). The molecule has 6 heteroatoms. The summed E-state index contributed by atoms with van der Waals surface area (Å²) in [6, 6.07) is -0.731. The van der Waals surface area contributed by atoms with E-state index >= 15 is 0 Å². The molecule has 0 spiro atoms. The highest BCUT2D eigenvalue weighted by Gasteiger charge is 1.99. The number of Topliss-reactive ketones (excluding diaryl/α,β-unsaturated/α-hetero) is 1. The highest BCUT2D eigenvalue weighted by molar-refractivity contribution is 5.91. The van der Waals surface area contributed by atoms with Crippen LogP contribution in [-0.2, 0) is 14.4 Å². The van der Waals surface area contributed by atoms with Crippen LogP contribution in [0.3, 0.4) is 0 Å². The van der Waals surface area contributed by atoms with Crippen LogP contribution in [0, 0.1) is 0 Å². The molecule has 0 fully saturated rings. The molecule has 0 heterocycles. The first-order chi connectivity index (χ1) is 9.70. The molecular weight excluding hydrogens is 272 g/mol. The summed E-state index contributed by atoms with van der Waals surface area (Å²) in [4.78, 5) is 31.2. The Balaban J connectivity index is 0. The Morgan fingerprint density at radius 1 is 1.24 bits per heavy atom. The highest BCUT2D eigenvalue weighted by Crippen LogP contribution is 1.94. The first kappa shape index (κ1) is 21.1. The molecule has 0 aromatic heterocycles.